The molecule has 2 heterocycles. The van der Waals surface area contributed by atoms with Crippen molar-refractivity contribution >= 4 is 34.4 Å². The standard InChI is InChI=1S/C31H37N5O2/c37-29(21-6-2-1-3-7-21)33-24-11-9-20(10-12-24)28-34-25-14-27(32-18-26(25)35-28)36-30(38)31-15-19-5-4-8-22(16-31)23(13-19)17-31/h9-12,14,18-19,21-23H,1-8,13,15-17H2,(H,33,37)(H,34,35)(H,32,36,38). The molecule has 3 bridgehead atoms. The number of carbonyl (C=O) groups excluding carboxylic acids is 2. The van der Waals surface area contributed by atoms with E-state index in [0.29, 0.717) is 11.7 Å². The first kappa shape index (κ1) is 23.9. The molecule has 2 aromatic heterocycles. The molecule has 1 aromatic carbocycles. The van der Waals surface area contributed by atoms with Crippen molar-refractivity contribution in [2.75, 3.05) is 10.6 Å². The molecule has 3 aromatic rings. The molecule has 2 amide bonds. The number of fused-ring (bicyclic) bond motifs is 3. The number of anilines is 2. The molecule has 0 aliphatic heterocycles. The van der Waals surface area contributed by atoms with Crippen molar-refractivity contribution in [2.24, 2.45) is 29.1 Å². The summed E-state index contributed by atoms with van der Waals surface area (Å²) in [5.41, 5.74) is 3.15. The number of rotatable bonds is 5. The van der Waals surface area contributed by atoms with Gasteiger partial charge in [0.2, 0.25) is 11.8 Å². The molecule has 0 spiro atoms. The predicted octanol–water partition coefficient (Wildman–Crippen LogP) is 6.69. The van der Waals surface area contributed by atoms with Crippen LogP contribution in [0.25, 0.3) is 22.4 Å². The van der Waals surface area contributed by atoms with Crippen LogP contribution in [0.3, 0.4) is 0 Å². The minimum absolute atomic E-state index is 0.130. The zero-order valence-corrected chi connectivity index (χ0v) is 22.0. The van der Waals surface area contributed by atoms with Gasteiger partial charge in [-0.15, -0.1) is 0 Å². The highest BCUT2D eigenvalue weighted by atomic mass is 16.2. The van der Waals surface area contributed by atoms with Gasteiger partial charge in [-0.1, -0.05) is 38.5 Å². The first-order chi connectivity index (χ1) is 18.5. The summed E-state index contributed by atoms with van der Waals surface area (Å²) in [7, 11) is 0. The summed E-state index contributed by atoms with van der Waals surface area (Å²) >= 11 is 0. The number of imidazole rings is 1. The molecule has 4 fully saturated rings. The van der Waals surface area contributed by atoms with Gasteiger partial charge < -0.3 is 15.6 Å². The van der Waals surface area contributed by atoms with Gasteiger partial charge in [0.1, 0.15) is 11.6 Å². The number of benzene rings is 1. The monoisotopic (exact) mass is 511 g/mol. The van der Waals surface area contributed by atoms with Crippen molar-refractivity contribution < 1.29 is 9.59 Å². The number of H-pyrrole nitrogens is 1. The Kier molecular flexibility index (Phi) is 5.97. The van der Waals surface area contributed by atoms with Crippen molar-refractivity contribution in [1.29, 1.82) is 0 Å². The fourth-order valence-electron chi connectivity index (χ4n) is 8.12. The lowest BCUT2D eigenvalue weighted by Gasteiger charge is -2.36. The molecule has 4 aliphatic rings. The summed E-state index contributed by atoms with van der Waals surface area (Å²) in [5.74, 6) is 3.92. The highest BCUT2D eigenvalue weighted by molar-refractivity contribution is 5.96. The Labute approximate surface area is 223 Å². The van der Waals surface area contributed by atoms with E-state index in [0.717, 1.165) is 84.9 Å². The zero-order valence-electron chi connectivity index (χ0n) is 22.0. The highest BCUT2D eigenvalue weighted by Gasteiger charge is 2.55. The van der Waals surface area contributed by atoms with Crippen LogP contribution < -0.4 is 10.6 Å². The second kappa shape index (κ2) is 9.51. The predicted molar refractivity (Wildman–Crippen MR) is 148 cm³/mol. The molecular weight excluding hydrogens is 474 g/mol. The molecule has 198 valence electrons. The van der Waals surface area contributed by atoms with Crippen molar-refractivity contribution in [1.82, 2.24) is 15.0 Å². The molecule has 4 atom stereocenters. The van der Waals surface area contributed by atoms with Crippen LogP contribution in [-0.2, 0) is 9.59 Å². The van der Waals surface area contributed by atoms with Crippen LogP contribution in [0.15, 0.2) is 36.5 Å². The maximum absolute atomic E-state index is 13.5. The minimum atomic E-state index is -0.208. The highest BCUT2D eigenvalue weighted by Crippen LogP contribution is 2.60. The number of hydrogen-bond acceptors (Lipinski definition) is 4. The van der Waals surface area contributed by atoms with E-state index in [1.165, 1.54) is 32.1 Å². The van der Waals surface area contributed by atoms with Gasteiger partial charge in [-0.2, -0.15) is 0 Å². The quantitative estimate of drug-likeness (QED) is 0.355. The molecule has 4 unspecified atom stereocenters. The Morgan fingerprint density at radius 1 is 0.895 bits per heavy atom. The van der Waals surface area contributed by atoms with E-state index in [1.807, 2.05) is 30.3 Å². The molecule has 0 radical (unpaired) electrons. The fraction of sp³-hybridized carbons (Fsp3) is 0.548. The Hall–Kier alpha value is -3.22. The molecule has 4 aliphatic carbocycles. The van der Waals surface area contributed by atoms with E-state index in [1.54, 1.807) is 6.20 Å². The van der Waals surface area contributed by atoms with Gasteiger partial charge in [-0.25, -0.2) is 9.97 Å². The van der Waals surface area contributed by atoms with E-state index < -0.39 is 0 Å². The van der Waals surface area contributed by atoms with Crippen LogP contribution in [0.2, 0.25) is 0 Å². The maximum atomic E-state index is 13.5. The van der Waals surface area contributed by atoms with Crippen LogP contribution in [0, 0.1) is 29.1 Å². The third-order valence-corrected chi connectivity index (χ3v) is 9.97. The van der Waals surface area contributed by atoms with Crippen LogP contribution in [-0.4, -0.2) is 26.8 Å². The summed E-state index contributed by atoms with van der Waals surface area (Å²) in [6, 6.07) is 9.68. The summed E-state index contributed by atoms with van der Waals surface area (Å²) in [6.45, 7) is 0. The second-order valence-electron chi connectivity index (χ2n) is 12.5. The number of amides is 2. The fourth-order valence-corrected chi connectivity index (χ4v) is 8.12. The molecule has 7 heteroatoms. The Morgan fingerprint density at radius 3 is 2.55 bits per heavy atom. The van der Waals surface area contributed by atoms with E-state index in [2.05, 4.69) is 20.6 Å². The smallest absolute Gasteiger partial charge is 0.231 e. The average molecular weight is 512 g/mol. The van der Waals surface area contributed by atoms with Crippen LogP contribution in [0.4, 0.5) is 11.5 Å². The number of aromatic nitrogens is 3. The lowest BCUT2D eigenvalue weighted by atomic mass is 9.69. The molecule has 7 nitrogen and oxygen atoms in total. The van der Waals surface area contributed by atoms with Crippen molar-refractivity contribution in [3.05, 3.63) is 36.5 Å². The van der Waals surface area contributed by atoms with E-state index in [-0.39, 0.29) is 23.1 Å². The molecule has 38 heavy (non-hydrogen) atoms. The summed E-state index contributed by atoms with van der Waals surface area (Å²) in [6.07, 6.45) is 15.6. The first-order valence-electron chi connectivity index (χ1n) is 14.6. The van der Waals surface area contributed by atoms with Gasteiger partial charge in [0, 0.05) is 23.2 Å². The number of nitrogens with one attached hydrogen (secondary N) is 3. The topological polar surface area (TPSA) is 99.8 Å². The van der Waals surface area contributed by atoms with Gasteiger partial charge in [0.05, 0.1) is 22.6 Å². The Morgan fingerprint density at radius 2 is 1.71 bits per heavy atom. The summed E-state index contributed by atoms with van der Waals surface area (Å²) < 4.78 is 0. The molecule has 3 N–H and O–H groups in total. The Bertz CT molecular complexity index is 1350. The molecular formula is C31H37N5O2. The van der Waals surface area contributed by atoms with Crippen LogP contribution in [0.5, 0.6) is 0 Å². The third-order valence-electron chi connectivity index (χ3n) is 9.97. The summed E-state index contributed by atoms with van der Waals surface area (Å²) in [4.78, 5) is 38.8. The SMILES string of the molecule is O=C(Nc1ccc(-c2nc3cc(NC(=O)C45CC6CCCC(C4)C(C6)C5)ncc3[nH]2)cc1)C1CCCCC1. The normalized spacial score (nSPS) is 28.8. The maximum Gasteiger partial charge on any atom is 0.231 e. The van der Waals surface area contributed by atoms with E-state index in [4.69, 9.17) is 4.98 Å². The number of nitrogens with zero attached hydrogens (tertiary/aromatic N) is 2. The number of aromatic amines is 1. The number of pyridine rings is 1. The van der Waals surface area contributed by atoms with Gasteiger partial charge in [-0.3, -0.25) is 9.59 Å². The van der Waals surface area contributed by atoms with Gasteiger partial charge in [0.25, 0.3) is 0 Å². The third kappa shape index (κ3) is 4.40. The largest absolute Gasteiger partial charge is 0.337 e. The lowest BCUT2D eigenvalue weighted by Crippen LogP contribution is -2.38. The van der Waals surface area contributed by atoms with Gasteiger partial charge >= 0.3 is 0 Å². The van der Waals surface area contributed by atoms with Gasteiger partial charge in [0.15, 0.2) is 0 Å². The molecule has 0 saturated heterocycles. The zero-order chi connectivity index (χ0) is 25.7. The van der Waals surface area contributed by atoms with Crippen molar-refractivity contribution in [3.63, 3.8) is 0 Å². The van der Waals surface area contributed by atoms with Crippen LogP contribution >= 0.6 is 0 Å². The number of carbonyl (C=O) groups is 2. The molecule has 4 saturated carbocycles. The number of hydrogen-bond donors (Lipinski definition) is 3. The van der Waals surface area contributed by atoms with Crippen LogP contribution in [0.1, 0.15) is 77.0 Å². The average Bonchev–Trinajstić information content (AvgIpc) is 3.43. The molecule has 7 rings (SSSR count). The minimum Gasteiger partial charge on any atom is -0.337 e. The Balaban J connectivity index is 1.04. The lowest BCUT2D eigenvalue weighted by molar-refractivity contribution is -0.127. The first-order valence-corrected chi connectivity index (χ1v) is 14.6. The van der Waals surface area contributed by atoms with Crippen molar-refractivity contribution in [2.45, 2.75) is 77.0 Å². The van der Waals surface area contributed by atoms with E-state index in [9.17, 15) is 9.59 Å². The van der Waals surface area contributed by atoms with E-state index >= 15 is 0 Å². The van der Waals surface area contributed by atoms with Crippen molar-refractivity contribution in [3.8, 4) is 11.4 Å². The van der Waals surface area contributed by atoms with Gasteiger partial charge in [-0.05, 0) is 80.5 Å². The second-order valence-corrected chi connectivity index (χ2v) is 12.5. The summed E-state index contributed by atoms with van der Waals surface area (Å²) in [5, 5.41) is 6.24.